The highest BCUT2D eigenvalue weighted by Crippen LogP contribution is 2.35. The third-order valence-corrected chi connectivity index (χ3v) is 7.03. The van der Waals surface area contributed by atoms with Crippen LogP contribution >= 0.6 is 11.8 Å². The van der Waals surface area contributed by atoms with Crippen molar-refractivity contribution < 1.29 is 14.3 Å². The maximum atomic E-state index is 13.1. The molecule has 1 aliphatic heterocycles. The van der Waals surface area contributed by atoms with Crippen LogP contribution in [0.2, 0.25) is 0 Å². The molecule has 7 heteroatoms. The molecule has 0 fully saturated rings. The smallest absolute Gasteiger partial charge is 0.237 e. The summed E-state index contributed by atoms with van der Waals surface area (Å²) in [5.74, 6) is 1.99. The van der Waals surface area contributed by atoms with E-state index >= 15 is 0 Å². The molecule has 2 heterocycles. The Balaban J connectivity index is 1.41. The monoisotopic (exact) mass is 485 g/mol. The highest BCUT2D eigenvalue weighted by Gasteiger charge is 2.23. The van der Waals surface area contributed by atoms with E-state index in [9.17, 15) is 4.79 Å². The molecule has 0 spiro atoms. The van der Waals surface area contributed by atoms with Crippen LogP contribution < -0.4 is 14.4 Å². The zero-order valence-electron chi connectivity index (χ0n) is 19.8. The SMILES string of the molecule is COc1ccc(-c2nc(SCC(=O)N3CCCc4ccccc43)[nH]c2-c2ccc(OC)cc2)cc1. The zero-order valence-corrected chi connectivity index (χ0v) is 20.6. The average Bonchev–Trinajstić information content (AvgIpc) is 3.36. The van der Waals surface area contributed by atoms with E-state index < -0.39 is 0 Å². The number of carbonyl (C=O) groups excluding carboxylic acids is 1. The maximum Gasteiger partial charge on any atom is 0.237 e. The third-order valence-electron chi connectivity index (χ3n) is 6.17. The van der Waals surface area contributed by atoms with Gasteiger partial charge < -0.3 is 19.4 Å². The molecular weight excluding hydrogens is 458 g/mol. The number of thioether (sulfide) groups is 1. The topological polar surface area (TPSA) is 67.5 Å². The number of anilines is 1. The van der Waals surface area contributed by atoms with Crippen molar-refractivity contribution >= 4 is 23.4 Å². The molecule has 0 aliphatic carbocycles. The van der Waals surface area contributed by atoms with Crippen molar-refractivity contribution in [3.8, 4) is 34.0 Å². The molecule has 0 atom stereocenters. The fourth-order valence-corrected chi connectivity index (χ4v) is 5.09. The van der Waals surface area contributed by atoms with Crippen molar-refractivity contribution in [3.05, 3.63) is 78.4 Å². The Hall–Kier alpha value is -3.71. The number of imidazole rings is 1. The van der Waals surface area contributed by atoms with Crippen LogP contribution in [0.4, 0.5) is 5.69 Å². The molecule has 1 N–H and O–H groups in total. The van der Waals surface area contributed by atoms with Gasteiger partial charge in [-0.15, -0.1) is 0 Å². The minimum Gasteiger partial charge on any atom is -0.497 e. The number of ether oxygens (including phenoxy) is 2. The summed E-state index contributed by atoms with van der Waals surface area (Å²) in [7, 11) is 3.30. The van der Waals surface area contributed by atoms with Crippen molar-refractivity contribution in [1.82, 2.24) is 9.97 Å². The van der Waals surface area contributed by atoms with Gasteiger partial charge in [0.05, 0.1) is 31.4 Å². The van der Waals surface area contributed by atoms with Crippen LogP contribution in [0.25, 0.3) is 22.5 Å². The molecule has 6 nitrogen and oxygen atoms in total. The van der Waals surface area contributed by atoms with Gasteiger partial charge in [0.2, 0.25) is 5.91 Å². The van der Waals surface area contributed by atoms with Gasteiger partial charge in [-0.25, -0.2) is 4.98 Å². The van der Waals surface area contributed by atoms with Gasteiger partial charge >= 0.3 is 0 Å². The van der Waals surface area contributed by atoms with Crippen molar-refractivity contribution in [1.29, 1.82) is 0 Å². The van der Waals surface area contributed by atoms with Gasteiger partial charge in [-0.05, 0) is 73.0 Å². The Labute approximate surface area is 209 Å². The number of methoxy groups -OCH3 is 2. The number of aryl methyl sites for hydroxylation is 1. The molecule has 5 rings (SSSR count). The number of benzene rings is 3. The Morgan fingerprint density at radius 3 is 2.29 bits per heavy atom. The predicted molar refractivity (Wildman–Crippen MR) is 140 cm³/mol. The number of aromatic amines is 1. The van der Waals surface area contributed by atoms with Gasteiger partial charge in [0.25, 0.3) is 0 Å². The molecule has 4 aromatic rings. The second kappa shape index (κ2) is 10.3. The second-order valence-electron chi connectivity index (χ2n) is 8.29. The number of hydrogen-bond donors (Lipinski definition) is 1. The van der Waals surface area contributed by atoms with E-state index in [1.165, 1.54) is 17.3 Å². The van der Waals surface area contributed by atoms with Crippen LogP contribution in [-0.2, 0) is 11.2 Å². The summed E-state index contributed by atoms with van der Waals surface area (Å²) >= 11 is 1.43. The average molecular weight is 486 g/mol. The summed E-state index contributed by atoms with van der Waals surface area (Å²) in [5.41, 5.74) is 5.95. The van der Waals surface area contributed by atoms with Crippen molar-refractivity contribution in [2.24, 2.45) is 0 Å². The summed E-state index contributed by atoms with van der Waals surface area (Å²) in [5, 5.41) is 0.709. The van der Waals surface area contributed by atoms with Crippen LogP contribution in [0.3, 0.4) is 0 Å². The van der Waals surface area contributed by atoms with Gasteiger partial charge in [0, 0.05) is 23.4 Å². The van der Waals surface area contributed by atoms with Gasteiger partial charge in [0.1, 0.15) is 11.5 Å². The number of H-pyrrole nitrogens is 1. The summed E-state index contributed by atoms with van der Waals surface area (Å²) in [4.78, 5) is 23.4. The number of para-hydroxylation sites is 1. The van der Waals surface area contributed by atoms with E-state index in [-0.39, 0.29) is 5.91 Å². The minimum atomic E-state index is 0.0931. The standard InChI is InChI=1S/C28H27N3O3S/c1-33-22-13-9-20(10-14-22)26-27(21-11-15-23(34-2)16-12-21)30-28(29-26)35-18-25(32)31-17-5-7-19-6-3-4-8-24(19)31/h3-4,6,8-16H,5,7,17-18H2,1-2H3,(H,29,30). The lowest BCUT2D eigenvalue weighted by Gasteiger charge is -2.29. The first-order chi connectivity index (χ1) is 17.2. The number of rotatable bonds is 7. The quantitative estimate of drug-likeness (QED) is 0.334. The first kappa shape index (κ1) is 23.1. The molecule has 0 radical (unpaired) electrons. The van der Waals surface area contributed by atoms with Gasteiger partial charge in [0.15, 0.2) is 5.16 Å². The minimum absolute atomic E-state index is 0.0931. The molecule has 0 saturated carbocycles. The third kappa shape index (κ3) is 4.91. The molecule has 178 valence electrons. The molecular formula is C28H27N3O3S. The summed E-state index contributed by atoms with van der Waals surface area (Å²) in [6, 6.07) is 23.9. The van der Waals surface area contributed by atoms with E-state index in [4.69, 9.17) is 14.5 Å². The van der Waals surface area contributed by atoms with E-state index in [2.05, 4.69) is 11.1 Å². The van der Waals surface area contributed by atoms with E-state index in [1.54, 1.807) is 14.2 Å². The number of hydrogen-bond acceptors (Lipinski definition) is 5. The fraction of sp³-hybridized carbons (Fsp3) is 0.214. The fourth-order valence-electron chi connectivity index (χ4n) is 4.34. The maximum absolute atomic E-state index is 13.1. The Morgan fingerprint density at radius 2 is 1.60 bits per heavy atom. The van der Waals surface area contributed by atoms with Crippen LogP contribution in [0.15, 0.2) is 78.0 Å². The molecule has 0 unspecified atom stereocenters. The number of amides is 1. The predicted octanol–water partition coefficient (Wildman–Crippen LogP) is 5.83. The normalized spacial score (nSPS) is 12.8. The Bertz CT molecular complexity index is 1250. The van der Waals surface area contributed by atoms with Crippen molar-refractivity contribution in [3.63, 3.8) is 0 Å². The highest BCUT2D eigenvalue weighted by molar-refractivity contribution is 7.99. The van der Waals surface area contributed by atoms with E-state index in [0.717, 1.165) is 59.1 Å². The lowest BCUT2D eigenvalue weighted by atomic mass is 10.0. The number of fused-ring (bicyclic) bond motifs is 1. The molecule has 3 aromatic carbocycles. The van der Waals surface area contributed by atoms with Crippen LogP contribution in [0.5, 0.6) is 11.5 Å². The highest BCUT2D eigenvalue weighted by atomic mass is 32.2. The Morgan fingerprint density at radius 1 is 0.943 bits per heavy atom. The van der Waals surface area contributed by atoms with Crippen LogP contribution in [-0.4, -0.2) is 42.4 Å². The number of nitrogens with one attached hydrogen (secondary N) is 1. The summed E-state index contributed by atoms with van der Waals surface area (Å²) in [6.07, 6.45) is 2.00. The summed E-state index contributed by atoms with van der Waals surface area (Å²) < 4.78 is 10.6. The van der Waals surface area contributed by atoms with Crippen LogP contribution in [0.1, 0.15) is 12.0 Å². The number of nitrogens with zero attached hydrogens (tertiary/aromatic N) is 2. The van der Waals surface area contributed by atoms with Crippen molar-refractivity contribution in [2.75, 3.05) is 31.4 Å². The lowest BCUT2D eigenvalue weighted by Crippen LogP contribution is -2.36. The molecule has 1 amide bonds. The first-order valence-corrected chi connectivity index (χ1v) is 12.5. The van der Waals surface area contributed by atoms with E-state index in [0.29, 0.717) is 10.9 Å². The first-order valence-electron chi connectivity index (χ1n) is 11.6. The summed E-state index contributed by atoms with van der Waals surface area (Å²) in [6.45, 7) is 0.753. The second-order valence-corrected chi connectivity index (χ2v) is 9.25. The molecule has 0 saturated heterocycles. The molecule has 0 bridgehead atoms. The molecule has 35 heavy (non-hydrogen) atoms. The number of carbonyl (C=O) groups is 1. The van der Waals surface area contributed by atoms with Gasteiger partial charge in [-0.1, -0.05) is 30.0 Å². The zero-order chi connectivity index (χ0) is 24.2. The number of aromatic nitrogens is 2. The lowest BCUT2D eigenvalue weighted by molar-refractivity contribution is -0.116. The molecule has 1 aliphatic rings. The van der Waals surface area contributed by atoms with Gasteiger partial charge in [-0.2, -0.15) is 0 Å². The molecule has 1 aromatic heterocycles. The largest absolute Gasteiger partial charge is 0.497 e. The van der Waals surface area contributed by atoms with E-state index in [1.807, 2.05) is 71.6 Å². The van der Waals surface area contributed by atoms with Crippen LogP contribution in [0, 0.1) is 0 Å². The van der Waals surface area contributed by atoms with Crippen molar-refractivity contribution in [2.45, 2.75) is 18.0 Å². The Kier molecular flexibility index (Phi) is 6.77. The van der Waals surface area contributed by atoms with Gasteiger partial charge in [-0.3, -0.25) is 4.79 Å².